The molecule has 3 N–H and O–H groups in total. The minimum Gasteiger partial charge on any atom is -0.350 e. The number of aromatic nitrogens is 2. The van der Waals surface area contributed by atoms with Crippen LogP contribution in [-0.2, 0) is 11.3 Å². The number of nitrogens with zero attached hydrogens (tertiary/aromatic N) is 2. The number of amides is 2. The highest BCUT2D eigenvalue weighted by Crippen LogP contribution is 2.16. The molecule has 3 rings (SSSR count). The first-order valence-corrected chi connectivity index (χ1v) is 9.23. The lowest BCUT2D eigenvalue weighted by atomic mass is 10.1. The summed E-state index contributed by atoms with van der Waals surface area (Å²) in [6, 6.07) is 16.7. The monoisotopic (exact) mass is 389 g/mol. The Hall–Kier alpha value is -3.74. The summed E-state index contributed by atoms with van der Waals surface area (Å²) in [5.74, 6) is -0.138. The van der Waals surface area contributed by atoms with Crippen LogP contribution in [0.5, 0.6) is 0 Å². The summed E-state index contributed by atoms with van der Waals surface area (Å²) in [5, 5.41) is 8.65. The van der Waals surface area contributed by atoms with E-state index >= 15 is 0 Å². The Bertz CT molecular complexity index is 1030. The molecule has 0 saturated heterocycles. The predicted molar refractivity (Wildman–Crippen MR) is 114 cm³/mol. The van der Waals surface area contributed by atoms with E-state index in [-0.39, 0.29) is 17.5 Å². The van der Waals surface area contributed by atoms with Gasteiger partial charge in [-0.2, -0.15) is 0 Å². The number of hydrogen-bond donors (Lipinski definition) is 3. The molecule has 148 valence electrons. The first-order valence-electron chi connectivity index (χ1n) is 9.23. The fourth-order valence-electron chi connectivity index (χ4n) is 2.72. The summed E-state index contributed by atoms with van der Waals surface area (Å²) in [6.07, 6.45) is 0. The standard InChI is InChI=1S/C22H23N5O2/c1-14-7-9-17(10-8-14)13-23-22-24-15(2)11-20(27-22)21(29)26-19-6-4-5-18(12-19)25-16(3)28/h4-12H,13H2,1-3H3,(H,25,28)(H,26,29)(H,23,24,27). The van der Waals surface area contributed by atoms with Crippen LogP contribution in [0.3, 0.4) is 0 Å². The van der Waals surface area contributed by atoms with E-state index < -0.39 is 0 Å². The average Bonchev–Trinajstić information content (AvgIpc) is 2.67. The number of aryl methyl sites for hydroxylation is 2. The average molecular weight is 389 g/mol. The first kappa shape index (κ1) is 20.0. The molecule has 0 aliphatic carbocycles. The minimum atomic E-state index is -0.353. The highest BCUT2D eigenvalue weighted by molar-refractivity contribution is 6.03. The van der Waals surface area contributed by atoms with Gasteiger partial charge in [0, 0.05) is 30.5 Å². The lowest BCUT2D eigenvalue weighted by molar-refractivity contribution is -0.114. The number of nitrogens with one attached hydrogen (secondary N) is 3. The fraction of sp³-hybridized carbons (Fsp3) is 0.182. The molecule has 0 bridgehead atoms. The van der Waals surface area contributed by atoms with Gasteiger partial charge in [-0.1, -0.05) is 35.9 Å². The van der Waals surface area contributed by atoms with Gasteiger partial charge < -0.3 is 16.0 Å². The zero-order valence-electron chi connectivity index (χ0n) is 16.6. The summed E-state index contributed by atoms with van der Waals surface area (Å²) < 4.78 is 0. The molecule has 2 amide bonds. The number of rotatable bonds is 6. The van der Waals surface area contributed by atoms with Crippen molar-refractivity contribution in [3.8, 4) is 0 Å². The molecule has 0 radical (unpaired) electrons. The van der Waals surface area contributed by atoms with E-state index in [0.29, 0.717) is 29.6 Å². The molecule has 2 aromatic carbocycles. The summed E-state index contributed by atoms with van der Waals surface area (Å²) in [5.41, 5.74) is 4.40. The zero-order valence-corrected chi connectivity index (χ0v) is 16.6. The van der Waals surface area contributed by atoms with Crippen LogP contribution in [0.4, 0.5) is 17.3 Å². The van der Waals surface area contributed by atoms with E-state index in [9.17, 15) is 9.59 Å². The molecule has 0 atom stereocenters. The van der Waals surface area contributed by atoms with Crippen molar-refractivity contribution in [3.05, 3.63) is 77.1 Å². The van der Waals surface area contributed by atoms with Crippen molar-refractivity contribution < 1.29 is 9.59 Å². The van der Waals surface area contributed by atoms with Crippen molar-refractivity contribution >= 4 is 29.1 Å². The van der Waals surface area contributed by atoms with E-state index in [1.165, 1.54) is 12.5 Å². The Kier molecular flexibility index (Phi) is 6.19. The van der Waals surface area contributed by atoms with Gasteiger partial charge in [-0.15, -0.1) is 0 Å². The number of benzene rings is 2. The predicted octanol–water partition coefficient (Wildman–Crippen LogP) is 3.92. The second-order valence-corrected chi connectivity index (χ2v) is 6.77. The third kappa shape index (κ3) is 5.87. The van der Waals surface area contributed by atoms with Gasteiger partial charge in [0.2, 0.25) is 11.9 Å². The van der Waals surface area contributed by atoms with Crippen molar-refractivity contribution in [2.45, 2.75) is 27.3 Å². The molecular formula is C22H23N5O2. The van der Waals surface area contributed by atoms with E-state index in [2.05, 4.69) is 25.9 Å². The lowest BCUT2D eigenvalue weighted by Gasteiger charge is -2.10. The van der Waals surface area contributed by atoms with Crippen LogP contribution in [-0.4, -0.2) is 21.8 Å². The summed E-state index contributed by atoms with van der Waals surface area (Å²) >= 11 is 0. The summed E-state index contributed by atoms with van der Waals surface area (Å²) in [7, 11) is 0. The van der Waals surface area contributed by atoms with E-state index in [4.69, 9.17) is 0 Å². The highest BCUT2D eigenvalue weighted by Gasteiger charge is 2.11. The Morgan fingerprint density at radius 1 is 0.897 bits per heavy atom. The van der Waals surface area contributed by atoms with Crippen molar-refractivity contribution in [3.63, 3.8) is 0 Å². The summed E-state index contributed by atoms with van der Waals surface area (Å²) in [6.45, 7) is 5.84. The molecule has 7 nitrogen and oxygen atoms in total. The number of hydrogen-bond acceptors (Lipinski definition) is 5. The molecule has 3 aromatic rings. The van der Waals surface area contributed by atoms with Crippen LogP contribution in [0.25, 0.3) is 0 Å². The maximum atomic E-state index is 12.6. The van der Waals surface area contributed by atoms with Gasteiger partial charge >= 0.3 is 0 Å². The van der Waals surface area contributed by atoms with Gasteiger partial charge in [-0.3, -0.25) is 9.59 Å². The Balaban J connectivity index is 1.70. The van der Waals surface area contributed by atoms with E-state index in [1.54, 1.807) is 30.3 Å². The second kappa shape index (κ2) is 8.97. The molecule has 0 unspecified atom stereocenters. The van der Waals surface area contributed by atoms with Gasteiger partial charge in [0.05, 0.1) is 0 Å². The molecule has 7 heteroatoms. The van der Waals surface area contributed by atoms with Crippen LogP contribution in [0.1, 0.15) is 34.2 Å². The molecule has 1 aromatic heterocycles. The van der Waals surface area contributed by atoms with Gasteiger partial charge in [-0.05, 0) is 43.7 Å². The van der Waals surface area contributed by atoms with Crippen molar-refractivity contribution in [2.75, 3.05) is 16.0 Å². The van der Waals surface area contributed by atoms with Gasteiger partial charge in [0.25, 0.3) is 5.91 Å². The van der Waals surface area contributed by atoms with Crippen molar-refractivity contribution in [2.24, 2.45) is 0 Å². The lowest BCUT2D eigenvalue weighted by Crippen LogP contribution is -2.16. The van der Waals surface area contributed by atoms with Crippen LogP contribution in [0.15, 0.2) is 54.6 Å². The highest BCUT2D eigenvalue weighted by atomic mass is 16.2. The number of carbonyl (C=O) groups excluding carboxylic acids is 2. The zero-order chi connectivity index (χ0) is 20.8. The second-order valence-electron chi connectivity index (χ2n) is 6.77. The van der Waals surface area contributed by atoms with Gasteiger partial charge in [-0.25, -0.2) is 9.97 Å². The Morgan fingerprint density at radius 2 is 1.59 bits per heavy atom. The maximum absolute atomic E-state index is 12.6. The SMILES string of the molecule is CC(=O)Nc1cccc(NC(=O)c2cc(C)nc(NCc3ccc(C)cc3)n2)c1. The van der Waals surface area contributed by atoms with E-state index in [0.717, 1.165) is 5.56 Å². The topological polar surface area (TPSA) is 96.0 Å². The smallest absolute Gasteiger partial charge is 0.274 e. The molecule has 1 heterocycles. The number of carbonyl (C=O) groups is 2. The quantitative estimate of drug-likeness (QED) is 0.594. The van der Waals surface area contributed by atoms with Crippen molar-refractivity contribution in [1.29, 1.82) is 0 Å². The van der Waals surface area contributed by atoms with Gasteiger partial charge in [0.15, 0.2) is 0 Å². The van der Waals surface area contributed by atoms with Crippen molar-refractivity contribution in [1.82, 2.24) is 9.97 Å². The first-order chi connectivity index (χ1) is 13.9. The third-order valence-corrected chi connectivity index (χ3v) is 4.10. The Morgan fingerprint density at radius 3 is 2.28 bits per heavy atom. The minimum absolute atomic E-state index is 0.177. The molecule has 0 aliphatic rings. The van der Waals surface area contributed by atoms with Crippen LogP contribution in [0.2, 0.25) is 0 Å². The largest absolute Gasteiger partial charge is 0.350 e. The summed E-state index contributed by atoms with van der Waals surface area (Å²) in [4.78, 5) is 32.5. The van der Waals surface area contributed by atoms with E-state index in [1.807, 2.05) is 38.1 Å². The Labute approximate surface area is 169 Å². The molecule has 0 spiro atoms. The maximum Gasteiger partial charge on any atom is 0.274 e. The molecule has 0 saturated carbocycles. The van der Waals surface area contributed by atoms with Gasteiger partial charge in [0.1, 0.15) is 5.69 Å². The molecular weight excluding hydrogens is 366 g/mol. The molecule has 29 heavy (non-hydrogen) atoms. The van der Waals surface area contributed by atoms with Crippen LogP contribution >= 0.6 is 0 Å². The molecule has 0 fully saturated rings. The van der Waals surface area contributed by atoms with Crippen LogP contribution in [0, 0.1) is 13.8 Å². The van der Waals surface area contributed by atoms with Crippen LogP contribution < -0.4 is 16.0 Å². The molecule has 0 aliphatic heterocycles. The third-order valence-electron chi connectivity index (χ3n) is 4.10. The normalized spacial score (nSPS) is 10.3. The fourth-order valence-corrected chi connectivity index (χ4v) is 2.72. The number of anilines is 3.